The molecule has 0 saturated carbocycles. The van der Waals surface area contributed by atoms with Gasteiger partial charge in [-0.25, -0.2) is 0 Å². The third kappa shape index (κ3) is 3.01. The van der Waals surface area contributed by atoms with E-state index in [2.05, 4.69) is 18.3 Å². The van der Waals surface area contributed by atoms with Crippen LogP contribution < -0.4 is 14.8 Å². The Hall–Kier alpha value is -1.26. The highest BCUT2D eigenvalue weighted by molar-refractivity contribution is 5.48. The van der Waals surface area contributed by atoms with Gasteiger partial charge < -0.3 is 19.5 Å². The van der Waals surface area contributed by atoms with Crippen LogP contribution in [0.4, 0.5) is 0 Å². The molecule has 1 aromatic rings. The molecule has 106 valence electrons. The lowest BCUT2D eigenvalue weighted by atomic mass is 9.94. The Bertz CT molecular complexity index is 408. The van der Waals surface area contributed by atoms with Crippen molar-refractivity contribution in [1.29, 1.82) is 0 Å². The second kappa shape index (κ2) is 6.78. The summed E-state index contributed by atoms with van der Waals surface area (Å²) in [7, 11) is 3.34. The molecule has 4 nitrogen and oxygen atoms in total. The van der Waals surface area contributed by atoms with Crippen LogP contribution in [0.25, 0.3) is 0 Å². The predicted octanol–water partition coefficient (Wildman–Crippen LogP) is 2.39. The summed E-state index contributed by atoms with van der Waals surface area (Å²) in [6.45, 7) is 4.89. The molecule has 1 fully saturated rings. The molecule has 19 heavy (non-hydrogen) atoms. The molecule has 1 saturated heterocycles. The van der Waals surface area contributed by atoms with Gasteiger partial charge in [0.1, 0.15) is 0 Å². The van der Waals surface area contributed by atoms with Crippen LogP contribution in [-0.2, 0) is 4.74 Å². The molecule has 1 heterocycles. The zero-order valence-corrected chi connectivity index (χ0v) is 11.9. The van der Waals surface area contributed by atoms with E-state index >= 15 is 0 Å². The lowest BCUT2D eigenvalue weighted by Gasteiger charge is -2.22. The summed E-state index contributed by atoms with van der Waals surface area (Å²) in [5.41, 5.74) is 1.09. The van der Waals surface area contributed by atoms with E-state index in [-0.39, 0.29) is 6.10 Å². The number of ether oxygens (including phenoxy) is 3. The van der Waals surface area contributed by atoms with Crippen molar-refractivity contribution in [2.75, 3.05) is 33.9 Å². The topological polar surface area (TPSA) is 39.7 Å². The van der Waals surface area contributed by atoms with Crippen molar-refractivity contribution in [2.24, 2.45) is 5.92 Å². The monoisotopic (exact) mass is 265 g/mol. The Morgan fingerprint density at radius 2 is 2.16 bits per heavy atom. The zero-order valence-electron chi connectivity index (χ0n) is 11.9. The maximum Gasteiger partial charge on any atom is 0.166 e. The summed E-state index contributed by atoms with van der Waals surface area (Å²) in [5.74, 6) is 2.04. The fourth-order valence-corrected chi connectivity index (χ4v) is 2.65. The van der Waals surface area contributed by atoms with Gasteiger partial charge >= 0.3 is 0 Å². The van der Waals surface area contributed by atoms with Gasteiger partial charge in [-0.05, 0) is 19.0 Å². The number of rotatable bonds is 6. The Morgan fingerprint density at radius 3 is 2.84 bits per heavy atom. The van der Waals surface area contributed by atoms with Gasteiger partial charge in [0.25, 0.3) is 0 Å². The lowest BCUT2D eigenvalue weighted by Crippen LogP contribution is -2.24. The quantitative estimate of drug-likeness (QED) is 0.857. The van der Waals surface area contributed by atoms with Gasteiger partial charge in [0.2, 0.25) is 0 Å². The van der Waals surface area contributed by atoms with Crippen molar-refractivity contribution < 1.29 is 14.2 Å². The number of para-hydroxylation sites is 1. The first kappa shape index (κ1) is 14.2. The average Bonchev–Trinajstić information content (AvgIpc) is 2.92. The summed E-state index contributed by atoms with van der Waals surface area (Å²) in [5, 5.41) is 3.40. The maximum absolute atomic E-state index is 5.92. The van der Waals surface area contributed by atoms with E-state index in [1.807, 2.05) is 12.1 Å². The van der Waals surface area contributed by atoms with Gasteiger partial charge in [-0.1, -0.05) is 19.1 Å². The highest BCUT2D eigenvalue weighted by Gasteiger charge is 2.32. The van der Waals surface area contributed by atoms with Gasteiger partial charge in [-0.3, -0.25) is 0 Å². The first-order valence-corrected chi connectivity index (χ1v) is 6.85. The molecule has 2 unspecified atom stereocenters. The van der Waals surface area contributed by atoms with E-state index < -0.39 is 0 Å². The van der Waals surface area contributed by atoms with E-state index in [4.69, 9.17) is 14.2 Å². The number of methoxy groups -OCH3 is 2. The second-order valence-corrected chi connectivity index (χ2v) is 4.73. The third-order valence-electron chi connectivity index (χ3n) is 3.61. The van der Waals surface area contributed by atoms with Crippen molar-refractivity contribution >= 4 is 0 Å². The zero-order chi connectivity index (χ0) is 13.7. The van der Waals surface area contributed by atoms with Gasteiger partial charge in [0.05, 0.1) is 20.3 Å². The average molecular weight is 265 g/mol. The summed E-state index contributed by atoms with van der Waals surface area (Å²) in [4.78, 5) is 0. The molecule has 0 spiro atoms. The molecule has 0 aromatic heterocycles. The Balaban J connectivity index is 2.24. The molecule has 0 amide bonds. The van der Waals surface area contributed by atoms with Crippen LogP contribution in [0.1, 0.15) is 25.0 Å². The number of benzene rings is 1. The normalized spacial score (nSPS) is 22.5. The summed E-state index contributed by atoms with van der Waals surface area (Å²) in [6, 6.07) is 5.97. The minimum absolute atomic E-state index is 0.0871. The lowest BCUT2D eigenvalue weighted by molar-refractivity contribution is 0.0880. The van der Waals surface area contributed by atoms with Gasteiger partial charge in [-0.2, -0.15) is 0 Å². The van der Waals surface area contributed by atoms with E-state index in [1.165, 1.54) is 0 Å². The standard InChI is InChI=1S/C15H23NO3/c1-4-16-10-11-8-9-19-14(11)12-6-5-7-13(17-2)15(12)18-3/h5-7,11,14,16H,4,8-10H2,1-3H3. The van der Waals surface area contributed by atoms with Crippen LogP contribution in [0, 0.1) is 5.92 Å². The summed E-state index contributed by atoms with van der Waals surface area (Å²) < 4.78 is 16.8. The highest BCUT2D eigenvalue weighted by atomic mass is 16.5. The molecule has 0 radical (unpaired) electrons. The fraction of sp³-hybridized carbons (Fsp3) is 0.600. The van der Waals surface area contributed by atoms with E-state index in [9.17, 15) is 0 Å². The number of nitrogens with one attached hydrogen (secondary N) is 1. The first-order chi connectivity index (χ1) is 9.31. The van der Waals surface area contributed by atoms with Crippen molar-refractivity contribution in [3.05, 3.63) is 23.8 Å². The fourth-order valence-electron chi connectivity index (χ4n) is 2.65. The molecule has 0 aliphatic carbocycles. The SMILES string of the molecule is CCNCC1CCOC1c1cccc(OC)c1OC. The Labute approximate surface area is 115 Å². The van der Waals surface area contributed by atoms with Gasteiger partial charge in [0.15, 0.2) is 11.5 Å². The Morgan fingerprint density at radius 1 is 1.32 bits per heavy atom. The van der Waals surface area contributed by atoms with E-state index in [0.29, 0.717) is 5.92 Å². The minimum Gasteiger partial charge on any atom is -0.493 e. The summed E-state index contributed by atoms with van der Waals surface area (Å²) in [6.07, 6.45) is 1.17. The molecule has 1 aliphatic heterocycles. The molecule has 2 atom stereocenters. The van der Waals surface area contributed by atoms with Crippen LogP contribution >= 0.6 is 0 Å². The maximum atomic E-state index is 5.92. The van der Waals surface area contributed by atoms with Crippen molar-refractivity contribution in [1.82, 2.24) is 5.32 Å². The minimum atomic E-state index is 0.0871. The molecule has 1 aromatic carbocycles. The van der Waals surface area contributed by atoms with Crippen LogP contribution in [-0.4, -0.2) is 33.9 Å². The molecule has 4 heteroatoms. The molecular formula is C15H23NO3. The molecule has 1 aliphatic rings. The highest BCUT2D eigenvalue weighted by Crippen LogP contribution is 2.42. The van der Waals surface area contributed by atoms with Crippen molar-refractivity contribution in [2.45, 2.75) is 19.4 Å². The largest absolute Gasteiger partial charge is 0.493 e. The second-order valence-electron chi connectivity index (χ2n) is 4.73. The van der Waals surface area contributed by atoms with Crippen LogP contribution in [0.3, 0.4) is 0 Å². The smallest absolute Gasteiger partial charge is 0.166 e. The van der Waals surface area contributed by atoms with E-state index in [1.54, 1.807) is 14.2 Å². The van der Waals surface area contributed by atoms with Crippen LogP contribution in [0.5, 0.6) is 11.5 Å². The molecular weight excluding hydrogens is 242 g/mol. The predicted molar refractivity (Wildman–Crippen MR) is 74.9 cm³/mol. The first-order valence-electron chi connectivity index (χ1n) is 6.85. The van der Waals surface area contributed by atoms with Gasteiger partial charge in [-0.15, -0.1) is 0 Å². The number of hydrogen-bond acceptors (Lipinski definition) is 4. The molecule has 0 bridgehead atoms. The van der Waals surface area contributed by atoms with Crippen molar-refractivity contribution in [3.8, 4) is 11.5 Å². The van der Waals surface area contributed by atoms with Crippen LogP contribution in [0.15, 0.2) is 18.2 Å². The third-order valence-corrected chi connectivity index (χ3v) is 3.61. The van der Waals surface area contributed by atoms with Crippen LogP contribution in [0.2, 0.25) is 0 Å². The molecule has 1 N–H and O–H groups in total. The Kier molecular flexibility index (Phi) is 5.05. The van der Waals surface area contributed by atoms with Crippen molar-refractivity contribution in [3.63, 3.8) is 0 Å². The molecule has 2 rings (SSSR count). The summed E-state index contributed by atoms with van der Waals surface area (Å²) >= 11 is 0. The van der Waals surface area contributed by atoms with E-state index in [0.717, 1.165) is 43.2 Å². The van der Waals surface area contributed by atoms with Gasteiger partial charge in [0, 0.05) is 24.6 Å². The number of hydrogen-bond donors (Lipinski definition) is 1.